The molecule has 32 heavy (non-hydrogen) atoms. The summed E-state index contributed by atoms with van der Waals surface area (Å²) in [7, 11) is 0.309. The van der Waals surface area contributed by atoms with Crippen LogP contribution in [-0.4, -0.2) is 39.1 Å². The highest BCUT2D eigenvalue weighted by Gasteiger charge is 2.35. The molecule has 164 valence electrons. The van der Waals surface area contributed by atoms with E-state index in [1.807, 2.05) is 50.2 Å². The van der Waals surface area contributed by atoms with Gasteiger partial charge in [0.15, 0.2) is 0 Å². The molecule has 0 atom stereocenters. The van der Waals surface area contributed by atoms with E-state index in [-0.39, 0.29) is 17.2 Å². The summed E-state index contributed by atoms with van der Waals surface area (Å²) >= 11 is 0. The van der Waals surface area contributed by atoms with Crippen molar-refractivity contribution >= 4 is 34.5 Å². The quantitative estimate of drug-likeness (QED) is 0.280. The predicted molar refractivity (Wildman–Crippen MR) is 130 cm³/mol. The van der Waals surface area contributed by atoms with Crippen LogP contribution in [0.5, 0.6) is 17.2 Å². The van der Waals surface area contributed by atoms with Gasteiger partial charge in [0, 0.05) is 16.8 Å². The Morgan fingerprint density at radius 1 is 0.781 bits per heavy atom. The fourth-order valence-electron chi connectivity index (χ4n) is 3.80. The second-order valence-corrected chi connectivity index (χ2v) is 9.25. The van der Waals surface area contributed by atoms with Crippen molar-refractivity contribution in [3.8, 4) is 28.4 Å². The van der Waals surface area contributed by atoms with Gasteiger partial charge < -0.3 is 25.1 Å². The maximum absolute atomic E-state index is 10.7. The molecule has 0 aliphatic rings. The molecule has 4 aromatic carbocycles. The topological polar surface area (TPSA) is 90.2 Å². The maximum atomic E-state index is 10.7. The molecule has 0 heterocycles. The fourth-order valence-corrected chi connectivity index (χ4v) is 3.80. The second-order valence-electron chi connectivity index (χ2n) is 9.25. The Bertz CT molecular complexity index is 1320. The number of fused-ring (bicyclic) bond motifs is 3. The number of rotatable bonds is 5. The van der Waals surface area contributed by atoms with Crippen LogP contribution in [0.3, 0.4) is 0 Å². The molecule has 0 unspecified atom stereocenters. The molecule has 0 aliphatic heterocycles. The van der Waals surface area contributed by atoms with E-state index in [0.29, 0.717) is 29.0 Å². The van der Waals surface area contributed by atoms with Crippen molar-refractivity contribution in [2.24, 2.45) is 0 Å². The van der Waals surface area contributed by atoms with Crippen LogP contribution in [0, 0.1) is 0 Å². The first kappa shape index (κ1) is 22.0. The molecule has 4 aromatic rings. The molecule has 5 nitrogen and oxygen atoms in total. The van der Waals surface area contributed by atoms with Gasteiger partial charge in [-0.3, -0.25) is 0 Å². The van der Waals surface area contributed by atoms with E-state index in [1.165, 1.54) is 6.07 Å². The SMILES string of the molecule is CC(C)(O)C(C)(C)OBc1cccc(-c2cc3cc(O)cc(O)c3c3cccc(O)c23)c1. The summed E-state index contributed by atoms with van der Waals surface area (Å²) in [4.78, 5) is 0. The van der Waals surface area contributed by atoms with Crippen LogP contribution in [-0.2, 0) is 4.65 Å². The average molecular weight is 430 g/mol. The zero-order valence-corrected chi connectivity index (χ0v) is 18.7. The van der Waals surface area contributed by atoms with E-state index in [1.54, 1.807) is 32.0 Å². The van der Waals surface area contributed by atoms with Gasteiger partial charge in [-0.05, 0) is 67.8 Å². The molecule has 0 spiro atoms. The molecule has 0 aromatic heterocycles. The third kappa shape index (κ3) is 3.88. The minimum absolute atomic E-state index is 0.0311. The average Bonchev–Trinajstić information content (AvgIpc) is 2.70. The van der Waals surface area contributed by atoms with Crippen LogP contribution in [0.1, 0.15) is 27.7 Å². The summed E-state index contributed by atoms with van der Waals surface area (Å²) in [5, 5.41) is 44.1. The summed E-state index contributed by atoms with van der Waals surface area (Å²) in [6, 6.07) is 17.7. The van der Waals surface area contributed by atoms with Gasteiger partial charge in [0.25, 0.3) is 0 Å². The van der Waals surface area contributed by atoms with Crippen LogP contribution in [0.2, 0.25) is 0 Å². The molecular weight excluding hydrogens is 403 g/mol. The van der Waals surface area contributed by atoms with Gasteiger partial charge in [-0.1, -0.05) is 41.9 Å². The van der Waals surface area contributed by atoms with Gasteiger partial charge in [0.2, 0.25) is 0 Å². The van der Waals surface area contributed by atoms with Crippen LogP contribution >= 0.6 is 0 Å². The Morgan fingerprint density at radius 2 is 1.50 bits per heavy atom. The minimum Gasteiger partial charge on any atom is -0.508 e. The van der Waals surface area contributed by atoms with E-state index in [0.717, 1.165) is 16.6 Å². The Kier molecular flexibility index (Phi) is 5.31. The lowest BCUT2D eigenvalue weighted by Gasteiger charge is -2.37. The van der Waals surface area contributed by atoms with E-state index < -0.39 is 11.2 Å². The van der Waals surface area contributed by atoms with Gasteiger partial charge in [-0.25, -0.2) is 0 Å². The van der Waals surface area contributed by atoms with Crippen molar-refractivity contribution in [1.82, 2.24) is 0 Å². The van der Waals surface area contributed by atoms with Crippen molar-refractivity contribution in [3.63, 3.8) is 0 Å². The van der Waals surface area contributed by atoms with Crippen LogP contribution in [0.15, 0.2) is 60.7 Å². The number of aliphatic hydroxyl groups is 1. The Morgan fingerprint density at radius 3 is 2.22 bits per heavy atom. The van der Waals surface area contributed by atoms with Gasteiger partial charge >= 0.3 is 7.48 Å². The smallest absolute Gasteiger partial charge is 0.309 e. The molecule has 0 amide bonds. The minimum atomic E-state index is -1.01. The van der Waals surface area contributed by atoms with Gasteiger partial charge in [0.05, 0.1) is 11.2 Å². The second kappa shape index (κ2) is 7.73. The predicted octanol–water partition coefficient (Wildman–Crippen LogP) is 4.32. The molecule has 0 bridgehead atoms. The third-order valence-corrected chi connectivity index (χ3v) is 6.32. The summed E-state index contributed by atoms with van der Waals surface area (Å²) in [6.07, 6.45) is 0. The zero-order chi connectivity index (χ0) is 23.3. The van der Waals surface area contributed by atoms with E-state index >= 15 is 0 Å². The standard InChI is InChI=1S/C26H27BO5/c1-25(2,31)26(3,4)32-27-17-8-5-7-15(11-17)20-13-16-12-18(28)14-22(30)23(16)19-9-6-10-21(29)24(19)20/h5-14,27-31H,1-4H3. The normalized spacial score (nSPS) is 12.4. The number of phenolic OH excluding ortho intramolecular Hbond substituents is 3. The summed E-state index contributed by atoms with van der Waals surface area (Å²) in [5.74, 6) is 0.0336. The highest BCUT2D eigenvalue weighted by atomic mass is 16.5. The highest BCUT2D eigenvalue weighted by Crippen LogP contribution is 2.43. The number of benzene rings is 4. The van der Waals surface area contributed by atoms with Crippen molar-refractivity contribution in [3.05, 3.63) is 60.7 Å². The molecular formula is C26H27BO5. The van der Waals surface area contributed by atoms with Gasteiger partial charge in [-0.15, -0.1) is 0 Å². The summed E-state index contributed by atoms with van der Waals surface area (Å²) in [6.45, 7) is 7.14. The van der Waals surface area contributed by atoms with E-state index in [2.05, 4.69) is 0 Å². The molecule has 6 heteroatoms. The van der Waals surface area contributed by atoms with Crippen LogP contribution < -0.4 is 5.46 Å². The highest BCUT2D eigenvalue weighted by molar-refractivity contribution is 6.47. The lowest BCUT2D eigenvalue weighted by Crippen LogP contribution is -2.49. The molecule has 0 saturated heterocycles. The number of phenols is 3. The van der Waals surface area contributed by atoms with Crippen molar-refractivity contribution < 1.29 is 25.1 Å². The van der Waals surface area contributed by atoms with Gasteiger partial charge in [0.1, 0.15) is 17.2 Å². The maximum Gasteiger partial charge on any atom is 0.309 e. The number of hydrogen-bond donors (Lipinski definition) is 4. The fraction of sp³-hybridized carbons (Fsp3) is 0.231. The molecule has 0 saturated carbocycles. The zero-order valence-electron chi connectivity index (χ0n) is 18.7. The number of hydrogen-bond acceptors (Lipinski definition) is 5. The van der Waals surface area contributed by atoms with E-state index in [4.69, 9.17) is 4.65 Å². The number of aromatic hydroxyl groups is 3. The molecule has 0 aliphatic carbocycles. The van der Waals surface area contributed by atoms with Crippen LogP contribution in [0.4, 0.5) is 0 Å². The first-order valence-corrected chi connectivity index (χ1v) is 10.5. The Hall–Kier alpha value is -3.22. The largest absolute Gasteiger partial charge is 0.508 e. The van der Waals surface area contributed by atoms with Crippen molar-refractivity contribution in [1.29, 1.82) is 0 Å². The van der Waals surface area contributed by atoms with Gasteiger partial charge in [-0.2, -0.15) is 0 Å². The Labute approximate surface area is 187 Å². The van der Waals surface area contributed by atoms with Crippen molar-refractivity contribution in [2.45, 2.75) is 38.9 Å². The van der Waals surface area contributed by atoms with Crippen molar-refractivity contribution in [2.75, 3.05) is 0 Å². The molecule has 0 radical (unpaired) electrons. The van der Waals surface area contributed by atoms with E-state index in [9.17, 15) is 20.4 Å². The summed E-state index contributed by atoms with van der Waals surface area (Å²) in [5.41, 5.74) is 0.811. The molecule has 0 fully saturated rings. The lowest BCUT2D eigenvalue weighted by atomic mass is 9.81. The first-order chi connectivity index (χ1) is 15.0. The summed E-state index contributed by atoms with van der Waals surface area (Å²) < 4.78 is 6.02. The third-order valence-electron chi connectivity index (χ3n) is 6.32. The Balaban J connectivity index is 1.86. The molecule has 4 N–H and O–H groups in total. The monoisotopic (exact) mass is 430 g/mol. The molecule has 4 rings (SSSR count). The lowest BCUT2D eigenvalue weighted by molar-refractivity contribution is -0.0893. The van der Waals surface area contributed by atoms with Crippen LogP contribution in [0.25, 0.3) is 32.7 Å². The first-order valence-electron chi connectivity index (χ1n) is 10.5.